The van der Waals surface area contributed by atoms with Crippen LogP contribution in [0.15, 0.2) is 0 Å². The van der Waals surface area contributed by atoms with Crippen LogP contribution in [-0.4, -0.2) is 183 Å². The van der Waals surface area contributed by atoms with E-state index in [0.29, 0.717) is 0 Å². The minimum atomic E-state index is -4.64. The predicted octanol–water partition coefficient (Wildman–Crippen LogP) is -9.64. The molecule has 18 heavy (non-hydrogen) atoms. The van der Waals surface area contributed by atoms with E-state index in [1.54, 1.807) is 0 Å². The molecule has 0 saturated heterocycles. The van der Waals surface area contributed by atoms with E-state index in [4.69, 9.17) is 19.2 Å². The second kappa shape index (κ2) is 86.4. The fourth-order valence-electron chi connectivity index (χ4n) is 0. The summed E-state index contributed by atoms with van der Waals surface area (Å²) in [5.74, 6) is 0. The summed E-state index contributed by atoms with van der Waals surface area (Å²) in [7, 11) is -4.64. The first-order valence-corrected chi connectivity index (χ1v) is 2.35. The average molecular weight is 404 g/mol. The predicted molar refractivity (Wildman–Crippen MR) is 74.3 cm³/mol. The van der Waals surface area contributed by atoms with Crippen molar-refractivity contribution in [2.45, 2.75) is 0 Å². The fourth-order valence-corrected chi connectivity index (χ4v) is 0. The van der Waals surface area contributed by atoms with Crippen molar-refractivity contribution in [2.24, 2.45) is 0 Å². The Morgan fingerprint density at radius 3 is 0.500 bits per heavy atom. The summed E-state index contributed by atoms with van der Waals surface area (Å²) >= 11 is 0. The quantitative estimate of drug-likeness (QED) is 0.261. The van der Waals surface area contributed by atoms with Crippen molar-refractivity contribution < 1.29 is 82.6 Å². The van der Waals surface area contributed by atoms with E-state index in [0.717, 1.165) is 0 Å². The average Bonchev–Trinajstić information content (AvgIpc) is 0.722. The van der Waals surface area contributed by atoms with Crippen LogP contribution in [-0.2, 0) is 4.57 Å². The molecule has 23 N–H and O–H groups in total. The first-order valence-electron chi connectivity index (χ1n) is 0.783. The minimum absolute atomic E-state index is 0. The molecule has 124 valence electrons. The van der Waals surface area contributed by atoms with E-state index in [1.807, 2.05) is 0 Å². The van der Waals surface area contributed by atoms with Gasteiger partial charge in [0.1, 0.15) is 0 Å². The van der Waals surface area contributed by atoms with Crippen LogP contribution in [0.2, 0.25) is 0 Å². The van der Waals surface area contributed by atoms with Crippen LogP contribution in [0.4, 0.5) is 0 Å². The summed E-state index contributed by atoms with van der Waals surface area (Å²) in [5.41, 5.74) is 0. The second-order valence-corrected chi connectivity index (χ2v) is 1.54. The largest absolute Gasteiger partial charge is 2.00 e. The SMILES string of the molecule is O.O.O.O.O.O.O.O.O.O.O=P(O)(O)O.[Ca+2].[Ca+2].[Ca+2].[H-].[H-].[H-].[H-].[H-].[H-]. The maximum atomic E-state index is 8.88. The van der Waals surface area contributed by atoms with E-state index in [2.05, 4.69) is 0 Å². The maximum Gasteiger partial charge on any atom is 2.00 e. The van der Waals surface area contributed by atoms with Crippen LogP contribution < -0.4 is 0 Å². The van der Waals surface area contributed by atoms with Crippen molar-refractivity contribution in [1.82, 2.24) is 0 Å². The molecule has 0 spiro atoms. The van der Waals surface area contributed by atoms with Gasteiger partial charge < -0.3 is 78.0 Å². The van der Waals surface area contributed by atoms with Gasteiger partial charge >= 0.3 is 121 Å². The van der Waals surface area contributed by atoms with Crippen LogP contribution in [0, 0.1) is 0 Å². The van der Waals surface area contributed by atoms with Crippen molar-refractivity contribution in [3.63, 3.8) is 0 Å². The smallest absolute Gasteiger partial charge is 1.00 e. The summed E-state index contributed by atoms with van der Waals surface area (Å²) in [6.07, 6.45) is 0. The summed E-state index contributed by atoms with van der Waals surface area (Å²) < 4.78 is 8.88. The Morgan fingerprint density at radius 1 is 0.500 bits per heavy atom. The molecule has 0 aliphatic rings. The third kappa shape index (κ3) is 547. The van der Waals surface area contributed by atoms with Gasteiger partial charge in [-0.3, -0.25) is 0 Å². The molecule has 0 bridgehead atoms. The molecule has 0 fully saturated rings. The van der Waals surface area contributed by atoms with Gasteiger partial charge in [0.25, 0.3) is 0 Å². The Balaban J connectivity index is -0.000000000468. The van der Waals surface area contributed by atoms with Crippen molar-refractivity contribution in [1.29, 1.82) is 0 Å². The standard InChI is InChI=1S/3Ca.H3O4P.10H2O.6H/c;;;1-5(2,3)4;;;;;;;;;;;;;;;;/h;;;(H3,1,2,3,4);10*1H2;;;;;;/q3*+2;;;;;;;;;;;;6*-1. The molecule has 0 atom stereocenters. The molecule has 0 aromatic heterocycles. The Bertz CT molecular complexity index is 82.6. The van der Waals surface area contributed by atoms with Crippen molar-refractivity contribution >= 4 is 121 Å². The topological polar surface area (TPSA) is 393 Å². The second-order valence-electron chi connectivity index (χ2n) is 0.513. The molecule has 0 heterocycles. The van der Waals surface area contributed by atoms with Gasteiger partial charge in [-0.25, -0.2) is 4.57 Å². The van der Waals surface area contributed by atoms with Gasteiger partial charge in [-0.2, -0.15) is 0 Å². The molecule has 0 aromatic carbocycles. The van der Waals surface area contributed by atoms with Gasteiger partial charge in [-0.1, -0.05) is 0 Å². The van der Waals surface area contributed by atoms with Crippen LogP contribution in [0.3, 0.4) is 0 Å². The van der Waals surface area contributed by atoms with Gasteiger partial charge in [0, 0.05) is 0 Å². The normalized spacial score (nSPS) is 3.28. The van der Waals surface area contributed by atoms with Gasteiger partial charge in [0.15, 0.2) is 0 Å². The van der Waals surface area contributed by atoms with Crippen LogP contribution in [0.25, 0.3) is 0 Å². The summed E-state index contributed by atoms with van der Waals surface area (Å²) in [6.45, 7) is 0. The Hall–Kier alpha value is 3.49. The fraction of sp³-hybridized carbons (Fsp3) is 0. The number of rotatable bonds is 0. The van der Waals surface area contributed by atoms with Crippen molar-refractivity contribution in [2.75, 3.05) is 0 Å². The van der Waals surface area contributed by atoms with E-state index in [-0.39, 0.29) is 177 Å². The van der Waals surface area contributed by atoms with Gasteiger partial charge in [-0.05, 0) is 0 Å². The van der Waals surface area contributed by atoms with Crippen LogP contribution in [0.1, 0.15) is 8.56 Å². The molecule has 0 saturated carbocycles. The third-order valence-corrected chi connectivity index (χ3v) is 0. The molecule has 0 aromatic rings. The number of hydrogen-bond donors (Lipinski definition) is 3. The monoisotopic (exact) mass is 404 g/mol. The Kier molecular flexibility index (Phi) is 772. The van der Waals surface area contributed by atoms with E-state index in [9.17, 15) is 0 Å². The van der Waals surface area contributed by atoms with Gasteiger partial charge in [-0.15, -0.1) is 0 Å². The summed E-state index contributed by atoms with van der Waals surface area (Å²) in [4.78, 5) is 21.6. The van der Waals surface area contributed by atoms with Gasteiger partial charge in [0.2, 0.25) is 0 Å². The summed E-state index contributed by atoms with van der Waals surface area (Å²) in [6, 6.07) is 0. The first-order chi connectivity index (χ1) is 2.00. The van der Waals surface area contributed by atoms with E-state index < -0.39 is 7.82 Å². The Labute approximate surface area is 200 Å². The zero-order valence-corrected chi connectivity index (χ0v) is 16.8. The molecule has 18 heteroatoms. The molecule has 0 amide bonds. The molecular weight excluding hydrogens is 375 g/mol. The Morgan fingerprint density at radius 2 is 0.500 bits per heavy atom. The van der Waals surface area contributed by atoms with Crippen LogP contribution in [0.5, 0.6) is 0 Å². The zero-order chi connectivity index (χ0) is 4.50. The third-order valence-electron chi connectivity index (χ3n) is 0. The molecule has 0 aliphatic carbocycles. The summed E-state index contributed by atoms with van der Waals surface area (Å²) in [5, 5.41) is 0. The molecular formula is H29Ca3O14P. The molecule has 0 aliphatic heterocycles. The maximum absolute atomic E-state index is 8.88. The van der Waals surface area contributed by atoms with Crippen molar-refractivity contribution in [3.8, 4) is 0 Å². The van der Waals surface area contributed by atoms with E-state index in [1.165, 1.54) is 0 Å². The number of phosphoric acid groups is 1. The molecule has 0 radical (unpaired) electrons. The molecule has 14 nitrogen and oxygen atoms in total. The molecule has 0 unspecified atom stereocenters. The van der Waals surface area contributed by atoms with Crippen molar-refractivity contribution in [3.05, 3.63) is 0 Å². The zero-order valence-electron chi connectivity index (χ0n) is 15.3. The van der Waals surface area contributed by atoms with Crippen LogP contribution >= 0.6 is 7.82 Å². The minimum Gasteiger partial charge on any atom is -1.00 e. The number of hydrogen-bond acceptors (Lipinski definition) is 1. The van der Waals surface area contributed by atoms with E-state index >= 15 is 0 Å². The first kappa shape index (κ1) is 161. The molecule has 0 rings (SSSR count). The van der Waals surface area contributed by atoms with Gasteiger partial charge in [0.05, 0.1) is 0 Å².